The molecule has 6 nitrogen and oxygen atoms in total. The van der Waals surface area contributed by atoms with Gasteiger partial charge in [0.2, 0.25) is 5.82 Å². The van der Waals surface area contributed by atoms with Crippen molar-refractivity contribution < 1.29 is 41.3 Å². The number of pyridine rings is 1. The van der Waals surface area contributed by atoms with Gasteiger partial charge in [-0.05, 0) is 35.4 Å². The summed E-state index contributed by atoms with van der Waals surface area (Å²) >= 11 is 1.50. The molecule has 2 N–H and O–H groups in total. The first-order chi connectivity index (χ1) is 20.2. The lowest BCUT2D eigenvalue weighted by Crippen LogP contribution is -2.31. The van der Waals surface area contributed by atoms with E-state index >= 15 is 0 Å². The smallest absolute Gasteiger partial charge is 0.261 e. The first-order valence-corrected chi connectivity index (χ1v) is 13.7. The molecule has 0 radical (unpaired) electrons. The third-order valence-corrected chi connectivity index (χ3v) is 7.60. The van der Waals surface area contributed by atoms with E-state index in [1.807, 2.05) is 30.3 Å². The van der Waals surface area contributed by atoms with E-state index in [2.05, 4.69) is 10.3 Å². The van der Waals surface area contributed by atoms with Gasteiger partial charge in [0.05, 0.1) is 23.8 Å². The van der Waals surface area contributed by atoms with Gasteiger partial charge in [-0.2, -0.15) is 0 Å². The number of halogens is 5. The number of anilines is 1. The maximum Gasteiger partial charge on any atom is 0.261 e. The lowest BCUT2D eigenvalue weighted by atomic mass is 10.0. The molecule has 4 aromatic rings. The number of ether oxygens (including phenoxy) is 2. The SMILES string of the molecule is O=C(Nc1cccc([C@@H]2O[C@H](CSc3ccccn3)C[C@H](c3ccc(CO)cc3)O2)c1)c1c(F)c(F)c(F)c(F)c1F. The zero-order chi connectivity index (χ0) is 29.8. The van der Waals surface area contributed by atoms with Crippen LogP contribution in [0.5, 0.6) is 0 Å². The number of benzene rings is 3. The molecule has 0 spiro atoms. The van der Waals surface area contributed by atoms with Crippen LogP contribution in [0.15, 0.2) is 78.0 Å². The minimum Gasteiger partial charge on any atom is -0.392 e. The number of aliphatic hydroxyl groups excluding tert-OH is 1. The van der Waals surface area contributed by atoms with E-state index in [-0.39, 0.29) is 18.4 Å². The Morgan fingerprint density at radius 3 is 2.26 bits per heavy atom. The van der Waals surface area contributed by atoms with E-state index in [1.165, 1.54) is 30.0 Å². The van der Waals surface area contributed by atoms with Crippen molar-refractivity contribution in [1.29, 1.82) is 0 Å². The second-order valence-electron chi connectivity index (χ2n) is 9.35. The fraction of sp³-hybridized carbons (Fsp3) is 0.200. The molecule has 3 atom stereocenters. The topological polar surface area (TPSA) is 80.7 Å². The van der Waals surface area contributed by atoms with Crippen LogP contribution in [0.2, 0.25) is 0 Å². The van der Waals surface area contributed by atoms with Crippen LogP contribution >= 0.6 is 11.8 Å². The van der Waals surface area contributed by atoms with Crippen molar-refractivity contribution in [3.63, 3.8) is 0 Å². The van der Waals surface area contributed by atoms with E-state index in [1.54, 1.807) is 24.4 Å². The lowest BCUT2D eigenvalue weighted by molar-refractivity contribution is -0.245. The van der Waals surface area contributed by atoms with Crippen LogP contribution in [0.4, 0.5) is 27.6 Å². The number of aliphatic hydroxyl groups is 1. The first kappa shape index (κ1) is 29.6. The number of hydrogen-bond acceptors (Lipinski definition) is 6. The number of aromatic nitrogens is 1. The zero-order valence-corrected chi connectivity index (χ0v) is 22.5. The normalized spacial score (nSPS) is 18.6. The number of carbonyl (C=O) groups excluding carboxylic acids is 1. The monoisotopic (exact) mass is 602 g/mol. The maximum atomic E-state index is 14.2. The number of thioether (sulfide) groups is 1. The molecule has 1 aromatic heterocycles. The van der Waals surface area contributed by atoms with Gasteiger partial charge in [0, 0.05) is 29.6 Å². The van der Waals surface area contributed by atoms with Crippen LogP contribution < -0.4 is 5.32 Å². The van der Waals surface area contributed by atoms with Crippen molar-refractivity contribution in [3.05, 3.63) is 124 Å². The summed E-state index contributed by atoms with van der Waals surface area (Å²) in [6.07, 6.45) is 0.558. The molecule has 1 amide bonds. The summed E-state index contributed by atoms with van der Waals surface area (Å²) < 4.78 is 81.5. The molecule has 1 aliphatic heterocycles. The largest absolute Gasteiger partial charge is 0.392 e. The molecular weight excluding hydrogens is 579 g/mol. The molecule has 0 aliphatic carbocycles. The van der Waals surface area contributed by atoms with E-state index < -0.39 is 53.0 Å². The summed E-state index contributed by atoms with van der Waals surface area (Å²) in [4.78, 5) is 16.9. The molecule has 42 heavy (non-hydrogen) atoms. The molecule has 2 heterocycles. The van der Waals surface area contributed by atoms with Crippen molar-refractivity contribution >= 4 is 23.4 Å². The van der Waals surface area contributed by atoms with E-state index in [0.717, 1.165) is 16.2 Å². The Hall–Kier alpha value is -3.84. The Morgan fingerprint density at radius 2 is 1.60 bits per heavy atom. The van der Waals surface area contributed by atoms with Crippen LogP contribution in [0.3, 0.4) is 0 Å². The second-order valence-corrected chi connectivity index (χ2v) is 10.4. The quantitative estimate of drug-likeness (QED) is 0.0993. The van der Waals surface area contributed by atoms with Gasteiger partial charge in [0.1, 0.15) is 5.56 Å². The van der Waals surface area contributed by atoms with Crippen molar-refractivity contribution in [2.45, 2.75) is 36.6 Å². The van der Waals surface area contributed by atoms with Gasteiger partial charge in [-0.15, -0.1) is 11.8 Å². The highest BCUT2D eigenvalue weighted by molar-refractivity contribution is 7.99. The summed E-state index contributed by atoms with van der Waals surface area (Å²) in [5, 5.41) is 12.4. The summed E-state index contributed by atoms with van der Waals surface area (Å²) in [6, 6.07) is 18.8. The number of nitrogens with one attached hydrogen (secondary N) is 1. The molecule has 0 unspecified atom stereocenters. The Balaban J connectivity index is 1.38. The first-order valence-electron chi connectivity index (χ1n) is 12.7. The van der Waals surface area contributed by atoms with Crippen LogP contribution in [-0.2, 0) is 16.1 Å². The van der Waals surface area contributed by atoms with Gasteiger partial charge in [-0.3, -0.25) is 4.79 Å². The zero-order valence-electron chi connectivity index (χ0n) is 21.7. The predicted octanol–water partition coefficient (Wildman–Crippen LogP) is 6.86. The van der Waals surface area contributed by atoms with Crippen molar-refractivity contribution in [2.75, 3.05) is 11.1 Å². The van der Waals surface area contributed by atoms with Crippen LogP contribution in [-0.4, -0.2) is 27.9 Å². The Labute approximate surface area is 241 Å². The highest BCUT2D eigenvalue weighted by Crippen LogP contribution is 2.40. The van der Waals surface area contributed by atoms with Crippen molar-refractivity contribution in [2.24, 2.45) is 0 Å². The molecule has 0 bridgehead atoms. The fourth-order valence-corrected chi connectivity index (χ4v) is 5.28. The van der Waals surface area contributed by atoms with Crippen LogP contribution in [0.25, 0.3) is 0 Å². The van der Waals surface area contributed by atoms with Gasteiger partial charge < -0.3 is 19.9 Å². The van der Waals surface area contributed by atoms with Gasteiger partial charge in [0.15, 0.2) is 29.6 Å². The second kappa shape index (κ2) is 13.0. The summed E-state index contributed by atoms with van der Waals surface area (Å²) in [6.45, 7) is -0.107. The highest BCUT2D eigenvalue weighted by atomic mass is 32.2. The molecule has 5 rings (SSSR count). The lowest BCUT2D eigenvalue weighted by Gasteiger charge is -2.36. The van der Waals surface area contributed by atoms with E-state index in [0.29, 0.717) is 17.7 Å². The highest BCUT2D eigenvalue weighted by Gasteiger charge is 2.33. The van der Waals surface area contributed by atoms with Crippen molar-refractivity contribution in [3.8, 4) is 0 Å². The minimum absolute atomic E-state index is 0.0162. The molecule has 3 aromatic carbocycles. The van der Waals surface area contributed by atoms with Crippen LogP contribution in [0, 0.1) is 29.1 Å². The molecule has 1 fully saturated rings. The Bertz CT molecular complexity index is 1550. The molecular formula is C30H23F5N2O4S. The van der Waals surface area contributed by atoms with Gasteiger partial charge in [-0.1, -0.05) is 42.5 Å². The number of hydrogen-bond donors (Lipinski definition) is 2. The average Bonchev–Trinajstić information content (AvgIpc) is 3.02. The summed E-state index contributed by atoms with van der Waals surface area (Å²) in [7, 11) is 0. The molecule has 0 saturated carbocycles. The number of carbonyl (C=O) groups is 1. The van der Waals surface area contributed by atoms with Gasteiger partial charge in [-0.25, -0.2) is 26.9 Å². The number of amides is 1. The molecule has 1 aliphatic rings. The Morgan fingerprint density at radius 1 is 0.881 bits per heavy atom. The summed E-state index contributed by atoms with van der Waals surface area (Å²) in [5.41, 5.74) is 0.447. The Kier molecular flexibility index (Phi) is 9.17. The van der Waals surface area contributed by atoms with Crippen molar-refractivity contribution in [1.82, 2.24) is 4.98 Å². The molecule has 218 valence electrons. The molecule has 1 saturated heterocycles. The third kappa shape index (κ3) is 6.46. The van der Waals surface area contributed by atoms with E-state index in [9.17, 15) is 31.9 Å². The summed E-state index contributed by atoms with van der Waals surface area (Å²) in [5.74, 6) is -12.2. The predicted molar refractivity (Wildman–Crippen MR) is 144 cm³/mol. The average molecular weight is 603 g/mol. The maximum absolute atomic E-state index is 14.2. The fourth-order valence-electron chi connectivity index (χ4n) is 4.39. The number of nitrogens with zero attached hydrogens (tertiary/aromatic N) is 1. The molecule has 12 heteroatoms. The van der Waals surface area contributed by atoms with Crippen LogP contribution in [0.1, 0.15) is 45.9 Å². The minimum atomic E-state index is -2.36. The van der Waals surface area contributed by atoms with E-state index in [4.69, 9.17) is 9.47 Å². The third-order valence-electron chi connectivity index (χ3n) is 6.52. The van der Waals surface area contributed by atoms with Gasteiger partial charge >= 0.3 is 0 Å². The number of rotatable bonds is 8. The van der Waals surface area contributed by atoms with Gasteiger partial charge in [0.25, 0.3) is 5.91 Å². The standard InChI is InChI=1S/C30H23F5N2O4S/c31-24-23(25(32)27(34)28(35)26(24)33)29(39)37-19-5-3-4-18(12-19)30-40-20(15-42-22-6-1-2-11-36-22)13-21(41-30)17-9-7-16(14-38)8-10-17/h1-12,20-21,30,38H,13-15H2,(H,37,39)/t20-,21+,30+/m0/s1.